The lowest BCUT2D eigenvalue weighted by atomic mass is 9.93. The Morgan fingerprint density at radius 2 is 1.24 bits per heavy atom. The van der Waals surface area contributed by atoms with Crippen molar-refractivity contribution in [1.29, 1.82) is 0 Å². The molecule has 0 aromatic heterocycles. The number of carbonyl (C=O) groups is 2. The van der Waals surface area contributed by atoms with E-state index in [2.05, 4.69) is 10.6 Å². The molecule has 0 aromatic rings. The SMILES string of the molecule is CC1(C)CNC(=O)CCCCCCC(=O)NC1. The summed E-state index contributed by atoms with van der Waals surface area (Å²) in [7, 11) is 0. The van der Waals surface area contributed by atoms with Crippen LogP contribution >= 0.6 is 0 Å². The van der Waals surface area contributed by atoms with Gasteiger partial charge < -0.3 is 10.6 Å². The summed E-state index contributed by atoms with van der Waals surface area (Å²) in [5.74, 6) is 0.257. The number of hydrogen-bond acceptors (Lipinski definition) is 2. The highest BCUT2D eigenvalue weighted by atomic mass is 16.2. The summed E-state index contributed by atoms with van der Waals surface area (Å²) in [6.45, 7) is 5.33. The van der Waals surface area contributed by atoms with E-state index in [9.17, 15) is 9.59 Å². The van der Waals surface area contributed by atoms with Crippen molar-refractivity contribution in [1.82, 2.24) is 10.6 Å². The zero-order valence-corrected chi connectivity index (χ0v) is 11.0. The second kappa shape index (κ2) is 6.62. The Morgan fingerprint density at radius 3 is 1.65 bits per heavy atom. The smallest absolute Gasteiger partial charge is 0.220 e. The molecule has 0 atom stereocenters. The molecule has 0 aliphatic carbocycles. The molecule has 4 nitrogen and oxygen atoms in total. The van der Waals surface area contributed by atoms with Crippen LogP contribution in [0.2, 0.25) is 0 Å². The lowest BCUT2D eigenvalue weighted by Gasteiger charge is -2.25. The second-order valence-electron chi connectivity index (χ2n) is 5.63. The van der Waals surface area contributed by atoms with Gasteiger partial charge in [0.15, 0.2) is 0 Å². The maximum absolute atomic E-state index is 11.5. The monoisotopic (exact) mass is 240 g/mol. The molecule has 2 N–H and O–H groups in total. The highest BCUT2D eigenvalue weighted by molar-refractivity contribution is 5.76. The Kier molecular flexibility index (Phi) is 5.45. The van der Waals surface area contributed by atoms with E-state index < -0.39 is 0 Å². The first-order valence-corrected chi connectivity index (χ1v) is 6.53. The summed E-state index contributed by atoms with van der Waals surface area (Å²) in [5.41, 5.74) is -0.0840. The third kappa shape index (κ3) is 6.29. The first kappa shape index (κ1) is 14.0. The third-order valence-corrected chi connectivity index (χ3v) is 3.09. The summed E-state index contributed by atoms with van der Waals surface area (Å²) in [5, 5.41) is 5.87. The molecule has 1 rings (SSSR count). The Hall–Kier alpha value is -1.06. The Morgan fingerprint density at radius 1 is 0.824 bits per heavy atom. The minimum Gasteiger partial charge on any atom is -0.356 e. The predicted molar refractivity (Wildman–Crippen MR) is 67.5 cm³/mol. The normalized spacial score (nSPS) is 23.6. The molecule has 1 fully saturated rings. The fraction of sp³-hybridized carbons (Fsp3) is 0.846. The molecule has 1 heterocycles. The van der Waals surface area contributed by atoms with Gasteiger partial charge in [-0.2, -0.15) is 0 Å². The van der Waals surface area contributed by atoms with Crippen molar-refractivity contribution in [3.8, 4) is 0 Å². The van der Waals surface area contributed by atoms with Gasteiger partial charge in [-0.05, 0) is 18.3 Å². The highest BCUT2D eigenvalue weighted by Crippen LogP contribution is 2.13. The van der Waals surface area contributed by atoms with E-state index >= 15 is 0 Å². The molecule has 0 unspecified atom stereocenters. The van der Waals surface area contributed by atoms with E-state index in [0.717, 1.165) is 25.7 Å². The van der Waals surface area contributed by atoms with Gasteiger partial charge in [0.05, 0.1) is 0 Å². The molecule has 1 saturated heterocycles. The standard InChI is InChI=1S/C13H24N2O2/c1-13(2)9-14-11(16)7-5-3-4-6-8-12(17)15-10-13/h3-10H2,1-2H3,(H,14,16)(H,15,17). The van der Waals surface area contributed by atoms with Crippen LogP contribution in [-0.2, 0) is 9.59 Å². The van der Waals surface area contributed by atoms with Crippen molar-refractivity contribution in [3.05, 3.63) is 0 Å². The summed E-state index contributed by atoms with van der Waals surface area (Å²) in [6.07, 6.45) is 5.13. The van der Waals surface area contributed by atoms with Crippen LogP contribution in [0.1, 0.15) is 52.4 Å². The number of hydrogen-bond donors (Lipinski definition) is 2. The average molecular weight is 240 g/mol. The van der Waals surface area contributed by atoms with Gasteiger partial charge in [-0.3, -0.25) is 9.59 Å². The molecule has 1 aliphatic rings. The van der Waals surface area contributed by atoms with Crippen molar-refractivity contribution in [3.63, 3.8) is 0 Å². The van der Waals surface area contributed by atoms with Crippen LogP contribution in [0.25, 0.3) is 0 Å². The van der Waals surface area contributed by atoms with Gasteiger partial charge in [0.25, 0.3) is 0 Å². The zero-order chi connectivity index (χ0) is 12.7. The fourth-order valence-electron chi connectivity index (χ4n) is 1.84. The Labute approximate surface area is 104 Å². The maximum atomic E-state index is 11.5. The zero-order valence-electron chi connectivity index (χ0n) is 11.0. The minimum atomic E-state index is -0.0840. The molecular formula is C13H24N2O2. The van der Waals surface area contributed by atoms with Crippen molar-refractivity contribution in [2.45, 2.75) is 52.4 Å². The molecule has 0 bridgehead atoms. The molecule has 2 amide bonds. The predicted octanol–water partition coefficient (Wildman–Crippen LogP) is 1.60. The van der Waals surface area contributed by atoms with Gasteiger partial charge in [0.1, 0.15) is 0 Å². The molecule has 4 heteroatoms. The minimum absolute atomic E-state index is 0.0840. The number of amides is 2. The molecule has 0 radical (unpaired) electrons. The summed E-state index contributed by atoms with van der Waals surface area (Å²) in [4.78, 5) is 23.1. The van der Waals surface area contributed by atoms with Gasteiger partial charge in [-0.15, -0.1) is 0 Å². The number of nitrogens with one attached hydrogen (secondary N) is 2. The van der Waals surface area contributed by atoms with Crippen molar-refractivity contribution >= 4 is 11.8 Å². The lowest BCUT2D eigenvalue weighted by Crippen LogP contribution is -2.41. The first-order chi connectivity index (χ1) is 7.99. The van der Waals surface area contributed by atoms with E-state index in [0.29, 0.717) is 25.9 Å². The first-order valence-electron chi connectivity index (χ1n) is 6.53. The Balaban J connectivity index is 2.49. The third-order valence-electron chi connectivity index (χ3n) is 3.09. The van der Waals surface area contributed by atoms with Crippen LogP contribution in [0.15, 0.2) is 0 Å². The maximum Gasteiger partial charge on any atom is 0.220 e. The van der Waals surface area contributed by atoms with Crippen LogP contribution in [-0.4, -0.2) is 24.9 Å². The number of carbonyl (C=O) groups excluding carboxylic acids is 2. The van der Waals surface area contributed by atoms with E-state index in [1.807, 2.05) is 13.8 Å². The quantitative estimate of drug-likeness (QED) is 0.675. The van der Waals surface area contributed by atoms with Gasteiger partial charge >= 0.3 is 0 Å². The van der Waals surface area contributed by atoms with Gasteiger partial charge in [0, 0.05) is 25.9 Å². The van der Waals surface area contributed by atoms with Crippen LogP contribution in [0.5, 0.6) is 0 Å². The molecule has 17 heavy (non-hydrogen) atoms. The molecule has 0 spiro atoms. The average Bonchev–Trinajstić information content (AvgIpc) is 2.28. The van der Waals surface area contributed by atoms with Crippen LogP contribution < -0.4 is 10.6 Å². The second-order valence-corrected chi connectivity index (χ2v) is 5.63. The molecule has 98 valence electrons. The van der Waals surface area contributed by atoms with E-state index in [1.54, 1.807) is 0 Å². The van der Waals surface area contributed by atoms with Gasteiger partial charge in [-0.1, -0.05) is 26.7 Å². The largest absolute Gasteiger partial charge is 0.356 e. The van der Waals surface area contributed by atoms with Crippen LogP contribution in [0, 0.1) is 5.41 Å². The van der Waals surface area contributed by atoms with Crippen molar-refractivity contribution in [2.24, 2.45) is 5.41 Å². The fourth-order valence-corrected chi connectivity index (χ4v) is 1.84. The number of rotatable bonds is 0. The van der Waals surface area contributed by atoms with Crippen LogP contribution in [0.4, 0.5) is 0 Å². The summed E-state index contributed by atoms with van der Waals surface area (Å²) in [6, 6.07) is 0. The van der Waals surface area contributed by atoms with Gasteiger partial charge in [-0.25, -0.2) is 0 Å². The van der Waals surface area contributed by atoms with Crippen LogP contribution in [0.3, 0.4) is 0 Å². The molecule has 1 aliphatic heterocycles. The molecule has 0 saturated carbocycles. The lowest BCUT2D eigenvalue weighted by molar-refractivity contribution is -0.121. The molecule has 0 aromatic carbocycles. The summed E-state index contributed by atoms with van der Waals surface area (Å²) >= 11 is 0. The highest BCUT2D eigenvalue weighted by Gasteiger charge is 2.20. The molecular weight excluding hydrogens is 216 g/mol. The summed E-state index contributed by atoms with van der Waals surface area (Å²) < 4.78 is 0. The van der Waals surface area contributed by atoms with E-state index in [1.165, 1.54) is 0 Å². The topological polar surface area (TPSA) is 58.2 Å². The van der Waals surface area contributed by atoms with E-state index in [-0.39, 0.29) is 17.2 Å². The Bertz CT molecular complexity index is 249. The van der Waals surface area contributed by atoms with E-state index in [4.69, 9.17) is 0 Å². The van der Waals surface area contributed by atoms with Crippen molar-refractivity contribution < 1.29 is 9.59 Å². The van der Waals surface area contributed by atoms with Gasteiger partial charge in [0.2, 0.25) is 11.8 Å². The van der Waals surface area contributed by atoms with Crippen molar-refractivity contribution in [2.75, 3.05) is 13.1 Å².